The molecule has 1 aromatic carbocycles. The van der Waals surface area contributed by atoms with Crippen molar-refractivity contribution in [2.75, 3.05) is 7.11 Å². The Hall–Kier alpha value is -3.16. The number of carbonyl (C=O) groups is 1. The average molecular weight is 335 g/mol. The minimum Gasteiger partial charge on any atom is -0.504 e. The minimum atomic E-state index is -0.949. The van der Waals surface area contributed by atoms with Crippen LogP contribution in [0.2, 0.25) is 0 Å². The molecule has 0 unspecified atom stereocenters. The van der Waals surface area contributed by atoms with Crippen LogP contribution in [-0.4, -0.2) is 28.3 Å². The molecule has 0 aliphatic carbocycles. The normalized spacial score (nSPS) is 11.9. The third kappa shape index (κ3) is 3.27. The van der Waals surface area contributed by atoms with Crippen LogP contribution in [0.5, 0.6) is 23.0 Å². The van der Waals surface area contributed by atoms with Crippen LogP contribution >= 0.6 is 0 Å². The van der Waals surface area contributed by atoms with Crippen LogP contribution in [0.3, 0.4) is 0 Å². The zero-order chi connectivity index (χ0) is 18.0. The van der Waals surface area contributed by atoms with Gasteiger partial charge in [-0.05, 0) is 24.6 Å². The zero-order valence-electron chi connectivity index (χ0n) is 13.1. The van der Waals surface area contributed by atoms with Crippen LogP contribution in [0.15, 0.2) is 27.4 Å². The molecule has 1 heterocycles. The van der Waals surface area contributed by atoms with Crippen LogP contribution in [0.25, 0.3) is 0 Å². The molecule has 0 radical (unpaired) electrons. The Morgan fingerprint density at radius 2 is 1.92 bits per heavy atom. The first-order chi connectivity index (χ1) is 11.2. The Balaban J connectivity index is 2.69. The molecule has 0 saturated heterocycles. The van der Waals surface area contributed by atoms with Crippen molar-refractivity contribution in [1.29, 1.82) is 0 Å². The summed E-state index contributed by atoms with van der Waals surface area (Å²) in [6.45, 7) is 1.51. The predicted octanol–water partition coefficient (Wildman–Crippen LogP) is 1.08. The van der Waals surface area contributed by atoms with Gasteiger partial charge in [-0.15, -0.1) is 0 Å². The van der Waals surface area contributed by atoms with Crippen LogP contribution < -0.4 is 15.9 Å². The number of hydrogen-bond donors (Lipinski definition) is 4. The molecule has 8 nitrogen and oxygen atoms in total. The minimum absolute atomic E-state index is 0.0473. The highest BCUT2D eigenvalue weighted by Crippen LogP contribution is 2.41. The fraction of sp³-hybridized carbons (Fsp3) is 0.250. The SMILES string of the molecule is COc1cc([C@@H](CC(N)=O)c2oc(C)cc(=O)c2O)cc(O)c1O. The van der Waals surface area contributed by atoms with E-state index in [1.54, 1.807) is 0 Å². The summed E-state index contributed by atoms with van der Waals surface area (Å²) in [6, 6.07) is 3.63. The van der Waals surface area contributed by atoms with Gasteiger partial charge in [0.05, 0.1) is 13.0 Å². The summed E-state index contributed by atoms with van der Waals surface area (Å²) in [5, 5.41) is 29.5. The van der Waals surface area contributed by atoms with Gasteiger partial charge in [0.25, 0.3) is 0 Å². The molecule has 24 heavy (non-hydrogen) atoms. The molecule has 0 aliphatic rings. The lowest BCUT2D eigenvalue weighted by atomic mass is 9.91. The van der Waals surface area contributed by atoms with E-state index in [4.69, 9.17) is 14.9 Å². The molecule has 1 atom stereocenters. The van der Waals surface area contributed by atoms with E-state index < -0.39 is 34.5 Å². The molecular formula is C16H17NO7. The Morgan fingerprint density at radius 1 is 1.25 bits per heavy atom. The number of phenolic OH excluding ortho intramolecular Hbond substituents is 2. The molecule has 0 saturated carbocycles. The van der Waals surface area contributed by atoms with Crippen LogP contribution in [0.4, 0.5) is 0 Å². The molecule has 1 aromatic heterocycles. The standard InChI is InChI=1S/C16H17NO7/c1-7-3-10(18)15(22)16(24-7)9(6-13(17)20)8-4-11(19)14(21)12(5-8)23-2/h3-5,9,19,21-22H,6H2,1-2H3,(H2,17,20)/t9-/m1/s1. The second kappa shape index (κ2) is 6.53. The van der Waals surface area contributed by atoms with Crippen molar-refractivity contribution >= 4 is 5.91 Å². The lowest BCUT2D eigenvalue weighted by Crippen LogP contribution is -2.18. The molecular weight excluding hydrogens is 318 g/mol. The molecule has 5 N–H and O–H groups in total. The van der Waals surface area contributed by atoms with Gasteiger partial charge in [-0.2, -0.15) is 0 Å². The topological polar surface area (TPSA) is 143 Å². The van der Waals surface area contributed by atoms with Crippen LogP contribution in [-0.2, 0) is 4.79 Å². The number of ether oxygens (including phenoxy) is 1. The number of aryl methyl sites for hydroxylation is 1. The van der Waals surface area contributed by atoms with E-state index in [0.29, 0.717) is 0 Å². The zero-order valence-corrected chi connectivity index (χ0v) is 13.1. The molecule has 0 spiro atoms. The molecule has 1 amide bonds. The van der Waals surface area contributed by atoms with Gasteiger partial charge in [-0.25, -0.2) is 0 Å². The van der Waals surface area contributed by atoms with Crippen molar-refractivity contribution in [2.24, 2.45) is 5.73 Å². The Kier molecular flexibility index (Phi) is 4.68. The van der Waals surface area contributed by atoms with Crippen molar-refractivity contribution in [1.82, 2.24) is 0 Å². The van der Waals surface area contributed by atoms with Gasteiger partial charge >= 0.3 is 0 Å². The number of hydrogen-bond acceptors (Lipinski definition) is 7. The Bertz CT molecular complexity index is 841. The van der Waals surface area contributed by atoms with E-state index in [1.807, 2.05) is 0 Å². The maximum absolute atomic E-state index is 11.8. The largest absolute Gasteiger partial charge is 0.504 e. The third-order valence-corrected chi connectivity index (χ3v) is 3.49. The number of nitrogens with two attached hydrogens (primary N) is 1. The fourth-order valence-corrected chi connectivity index (χ4v) is 2.40. The van der Waals surface area contributed by atoms with Crippen molar-refractivity contribution < 1.29 is 29.3 Å². The van der Waals surface area contributed by atoms with Gasteiger partial charge in [0, 0.05) is 12.5 Å². The van der Waals surface area contributed by atoms with Gasteiger partial charge in [0.2, 0.25) is 22.8 Å². The molecule has 0 aliphatic heterocycles. The monoisotopic (exact) mass is 335 g/mol. The van der Waals surface area contributed by atoms with Gasteiger partial charge in [-0.3, -0.25) is 9.59 Å². The first-order valence-electron chi connectivity index (χ1n) is 6.96. The summed E-state index contributed by atoms with van der Waals surface area (Å²) in [6.07, 6.45) is -0.298. The maximum atomic E-state index is 11.8. The molecule has 0 bridgehead atoms. The van der Waals surface area contributed by atoms with Gasteiger partial charge in [0.1, 0.15) is 5.76 Å². The van der Waals surface area contributed by atoms with Crippen molar-refractivity contribution in [3.05, 3.63) is 45.5 Å². The summed E-state index contributed by atoms with van der Waals surface area (Å²) in [5.74, 6) is -3.26. The number of rotatable bonds is 5. The van der Waals surface area contributed by atoms with E-state index in [9.17, 15) is 24.9 Å². The first kappa shape index (κ1) is 17.2. The van der Waals surface area contributed by atoms with E-state index in [1.165, 1.54) is 26.2 Å². The highest BCUT2D eigenvalue weighted by Gasteiger charge is 2.27. The van der Waals surface area contributed by atoms with E-state index in [0.717, 1.165) is 6.07 Å². The third-order valence-electron chi connectivity index (χ3n) is 3.49. The number of phenols is 2. The lowest BCUT2D eigenvalue weighted by Gasteiger charge is -2.18. The summed E-state index contributed by atoms with van der Waals surface area (Å²) >= 11 is 0. The van der Waals surface area contributed by atoms with E-state index >= 15 is 0 Å². The maximum Gasteiger partial charge on any atom is 0.227 e. The highest BCUT2D eigenvalue weighted by atomic mass is 16.5. The first-order valence-corrected chi connectivity index (χ1v) is 6.96. The Labute approximate surface area is 136 Å². The Morgan fingerprint density at radius 3 is 2.50 bits per heavy atom. The summed E-state index contributed by atoms with van der Waals surface area (Å²) < 4.78 is 10.4. The van der Waals surface area contributed by atoms with Gasteiger partial charge in [0.15, 0.2) is 17.3 Å². The van der Waals surface area contributed by atoms with Crippen LogP contribution in [0, 0.1) is 6.92 Å². The van der Waals surface area contributed by atoms with Crippen molar-refractivity contribution in [3.63, 3.8) is 0 Å². The highest BCUT2D eigenvalue weighted by molar-refractivity contribution is 5.75. The fourth-order valence-electron chi connectivity index (χ4n) is 2.40. The molecule has 128 valence electrons. The number of carbonyl (C=O) groups excluding carboxylic acids is 1. The van der Waals surface area contributed by atoms with Gasteiger partial charge < -0.3 is 30.2 Å². The molecule has 2 aromatic rings. The lowest BCUT2D eigenvalue weighted by molar-refractivity contribution is -0.118. The quantitative estimate of drug-likeness (QED) is 0.599. The molecule has 8 heteroatoms. The van der Waals surface area contributed by atoms with Crippen molar-refractivity contribution in [3.8, 4) is 23.0 Å². The predicted molar refractivity (Wildman–Crippen MR) is 83.4 cm³/mol. The number of methoxy groups -OCH3 is 1. The molecule has 0 fully saturated rings. The van der Waals surface area contributed by atoms with E-state index in [2.05, 4.69) is 0 Å². The summed E-state index contributed by atoms with van der Waals surface area (Å²) in [4.78, 5) is 23.2. The second-order valence-corrected chi connectivity index (χ2v) is 5.25. The van der Waals surface area contributed by atoms with Gasteiger partial charge in [-0.1, -0.05) is 0 Å². The average Bonchev–Trinajstić information content (AvgIpc) is 2.51. The number of primary amides is 1. The number of aromatic hydroxyl groups is 3. The summed E-state index contributed by atoms with van der Waals surface area (Å²) in [5.41, 5.74) is 4.85. The second-order valence-electron chi connectivity index (χ2n) is 5.25. The smallest absolute Gasteiger partial charge is 0.227 e. The van der Waals surface area contributed by atoms with E-state index in [-0.39, 0.29) is 29.3 Å². The van der Waals surface area contributed by atoms with Crippen molar-refractivity contribution in [2.45, 2.75) is 19.3 Å². The summed E-state index contributed by atoms with van der Waals surface area (Å²) in [7, 11) is 1.28. The number of amides is 1. The number of benzene rings is 1. The molecule has 2 rings (SSSR count). The van der Waals surface area contributed by atoms with Crippen LogP contribution in [0.1, 0.15) is 29.4 Å².